The summed E-state index contributed by atoms with van der Waals surface area (Å²) in [6.45, 7) is 0. The number of benzene rings is 1. The lowest BCUT2D eigenvalue weighted by atomic mass is 10.2. The lowest BCUT2D eigenvalue weighted by Crippen LogP contribution is -2.05. The van der Waals surface area contributed by atoms with Crippen LogP contribution in [0.3, 0.4) is 0 Å². The summed E-state index contributed by atoms with van der Waals surface area (Å²) in [4.78, 5) is 10.5. The van der Waals surface area contributed by atoms with Crippen LogP contribution in [0.2, 0.25) is 0 Å². The van der Waals surface area contributed by atoms with Crippen molar-refractivity contribution in [2.75, 3.05) is 6.26 Å². The highest BCUT2D eigenvalue weighted by Gasteiger charge is 2.02. The van der Waals surface area contributed by atoms with Gasteiger partial charge >= 0.3 is 10.1 Å². The summed E-state index contributed by atoms with van der Waals surface area (Å²) in [5, 5.41) is 0. The Balaban J connectivity index is 2.79. The molecule has 0 aliphatic rings. The Morgan fingerprint density at radius 3 is 2.31 bits per heavy atom. The van der Waals surface area contributed by atoms with E-state index in [1.807, 2.05) is 0 Å². The molecule has 0 saturated heterocycles. The third kappa shape index (κ3) is 4.61. The molecule has 86 valence electrons. The highest BCUT2D eigenvalue weighted by Crippen LogP contribution is 2.14. The molecule has 0 bridgehead atoms. The molecule has 0 unspecified atom stereocenters. The summed E-state index contributed by atoms with van der Waals surface area (Å²) in [5.74, 6) is -0.324. The molecular weight excluding hydrogens is 230 g/mol. The molecule has 1 aromatic carbocycles. The zero-order valence-electron chi connectivity index (χ0n) is 8.58. The highest BCUT2D eigenvalue weighted by atomic mass is 32.2. The second kappa shape index (κ2) is 4.80. The van der Waals surface area contributed by atoms with Crippen LogP contribution in [-0.2, 0) is 14.9 Å². The Hall–Kier alpha value is -1.82. The fraction of sp³-hybridized carbons (Fsp3) is 0.100. The van der Waals surface area contributed by atoms with Gasteiger partial charge in [0.1, 0.15) is 5.75 Å². The zero-order chi connectivity index (χ0) is 12.2. The summed E-state index contributed by atoms with van der Waals surface area (Å²) in [7, 11) is -3.51. The topological polar surface area (TPSA) is 86.5 Å². The van der Waals surface area contributed by atoms with Gasteiger partial charge in [-0.05, 0) is 23.8 Å². The molecule has 0 saturated carbocycles. The van der Waals surface area contributed by atoms with Gasteiger partial charge in [-0.1, -0.05) is 12.1 Å². The van der Waals surface area contributed by atoms with Crippen LogP contribution in [0.1, 0.15) is 5.56 Å². The standard InChI is InChI=1S/C10H11NO4S/c1-16(13,14)15-9-5-2-8(3-6-9)4-7-10(11)12/h2-7H,1H3,(H2,11,12)/b7-4+. The minimum absolute atomic E-state index is 0.221. The normalized spacial score (nSPS) is 11.6. The second-order valence-electron chi connectivity index (χ2n) is 3.09. The van der Waals surface area contributed by atoms with Crippen molar-refractivity contribution in [2.45, 2.75) is 0 Å². The molecule has 16 heavy (non-hydrogen) atoms. The van der Waals surface area contributed by atoms with Gasteiger partial charge in [-0.2, -0.15) is 8.42 Å². The molecular formula is C10H11NO4S. The van der Waals surface area contributed by atoms with Crippen molar-refractivity contribution in [3.05, 3.63) is 35.9 Å². The number of carbonyl (C=O) groups is 1. The van der Waals surface area contributed by atoms with Crippen molar-refractivity contribution in [3.8, 4) is 5.75 Å². The van der Waals surface area contributed by atoms with Crippen LogP contribution in [0.15, 0.2) is 30.3 Å². The van der Waals surface area contributed by atoms with Crippen molar-refractivity contribution in [1.29, 1.82) is 0 Å². The summed E-state index contributed by atoms with van der Waals surface area (Å²) >= 11 is 0. The smallest absolute Gasteiger partial charge is 0.306 e. The van der Waals surface area contributed by atoms with Gasteiger partial charge in [0.15, 0.2) is 0 Å². The molecule has 6 heteroatoms. The Kier molecular flexibility index (Phi) is 3.68. The van der Waals surface area contributed by atoms with Gasteiger partial charge in [0.25, 0.3) is 0 Å². The number of hydrogen-bond donors (Lipinski definition) is 1. The zero-order valence-corrected chi connectivity index (χ0v) is 9.40. The number of hydrogen-bond acceptors (Lipinski definition) is 4. The van der Waals surface area contributed by atoms with Crippen molar-refractivity contribution in [1.82, 2.24) is 0 Å². The first-order valence-corrected chi connectivity index (χ1v) is 6.15. The van der Waals surface area contributed by atoms with Crippen molar-refractivity contribution in [3.63, 3.8) is 0 Å². The van der Waals surface area contributed by atoms with Crippen LogP contribution in [0, 0.1) is 0 Å². The molecule has 0 atom stereocenters. The molecule has 0 heterocycles. The maximum absolute atomic E-state index is 10.8. The third-order valence-electron chi connectivity index (χ3n) is 1.57. The number of amides is 1. The van der Waals surface area contributed by atoms with Crippen LogP contribution >= 0.6 is 0 Å². The van der Waals surface area contributed by atoms with E-state index in [1.165, 1.54) is 24.3 Å². The van der Waals surface area contributed by atoms with Crippen LogP contribution in [0.25, 0.3) is 6.08 Å². The lowest BCUT2D eigenvalue weighted by Gasteiger charge is -2.02. The molecule has 0 aliphatic carbocycles. The fourth-order valence-corrected chi connectivity index (χ4v) is 1.45. The lowest BCUT2D eigenvalue weighted by molar-refractivity contribution is -0.113. The maximum atomic E-state index is 10.8. The number of rotatable bonds is 4. The summed E-state index contributed by atoms with van der Waals surface area (Å²) < 4.78 is 26.2. The second-order valence-corrected chi connectivity index (χ2v) is 4.67. The Bertz CT molecular complexity index is 502. The first-order chi connectivity index (χ1) is 7.37. The van der Waals surface area contributed by atoms with Crippen molar-refractivity contribution in [2.24, 2.45) is 5.73 Å². The van der Waals surface area contributed by atoms with Gasteiger partial charge < -0.3 is 9.92 Å². The molecule has 1 aromatic rings. The van der Waals surface area contributed by atoms with Crippen molar-refractivity contribution >= 4 is 22.1 Å². The molecule has 0 radical (unpaired) electrons. The number of carbonyl (C=O) groups excluding carboxylic acids is 1. The Labute approximate surface area is 93.7 Å². The van der Waals surface area contributed by atoms with E-state index in [1.54, 1.807) is 12.1 Å². The van der Waals surface area contributed by atoms with E-state index in [0.717, 1.165) is 11.8 Å². The Morgan fingerprint density at radius 1 is 1.31 bits per heavy atom. The van der Waals surface area contributed by atoms with E-state index in [0.29, 0.717) is 0 Å². The summed E-state index contributed by atoms with van der Waals surface area (Å²) in [6.07, 6.45) is 3.70. The molecule has 0 aromatic heterocycles. The minimum atomic E-state index is -3.51. The third-order valence-corrected chi connectivity index (χ3v) is 2.06. The van der Waals surface area contributed by atoms with Gasteiger partial charge in [-0.3, -0.25) is 4.79 Å². The molecule has 0 spiro atoms. The van der Waals surface area contributed by atoms with Gasteiger partial charge in [-0.25, -0.2) is 0 Å². The SMILES string of the molecule is CS(=O)(=O)Oc1ccc(/C=C/C(N)=O)cc1. The fourth-order valence-electron chi connectivity index (χ4n) is 0.988. The summed E-state index contributed by atoms with van der Waals surface area (Å²) in [6, 6.07) is 6.20. The van der Waals surface area contributed by atoms with Crippen LogP contribution in [-0.4, -0.2) is 20.6 Å². The molecule has 0 fully saturated rings. The molecule has 5 nitrogen and oxygen atoms in total. The summed E-state index contributed by atoms with van der Waals surface area (Å²) in [5.41, 5.74) is 5.65. The van der Waals surface area contributed by atoms with Gasteiger partial charge in [-0.15, -0.1) is 0 Å². The van der Waals surface area contributed by atoms with Crippen LogP contribution in [0.4, 0.5) is 0 Å². The van der Waals surface area contributed by atoms with Gasteiger partial charge in [0, 0.05) is 6.08 Å². The van der Waals surface area contributed by atoms with E-state index in [4.69, 9.17) is 5.73 Å². The molecule has 2 N–H and O–H groups in total. The minimum Gasteiger partial charge on any atom is -0.383 e. The predicted molar refractivity (Wildman–Crippen MR) is 60.1 cm³/mol. The molecule has 0 aliphatic heterocycles. The highest BCUT2D eigenvalue weighted by molar-refractivity contribution is 7.86. The predicted octanol–water partition coefficient (Wildman–Crippen LogP) is 0.523. The maximum Gasteiger partial charge on any atom is 0.306 e. The van der Waals surface area contributed by atoms with E-state index >= 15 is 0 Å². The molecule has 1 amide bonds. The van der Waals surface area contributed by atoms with E-state index in [9.17, 15) is 13.2 Å². The number of primary amides is 1. The van der Waals surface area contributed by atoms with E-state index < -0.39 is 16.0 Å². The number of nitrogens with two attached hydrogens (primary N) is 1. The van der Waals surface area contributed by atoms with E-state index in [-0.39, 0.29) is 5.75 Å². The average molecular weight is 241 g/mol. The van der Waals surface area contributed by atoms with Crippen molar-refractivity contribution < 1.29 is 17.4 Å². The largest absolute Gasteiger partial charge is 0.383 e. The quantitative estimate of drug-likeness (QED) is 0.615. The molecule has 1 rings (SSSR count). The van der Waals surface area contributed by atoms with Gasteiger partial charge in [0.05, 0.1) is 6.26 Å². The Morgan fingerprint density at radius 2 is 1.88 bits per heavy atom. The first-order valence-electron chi connectivity index (χ1n) is 4.34. The van der Waals surface area contributed by atoms with Crippen LogP contribution in [0.5, 0.6) is 5.75 Å². The average Bonchev–Trinajstić information content (AvgIpc) is 2.14. The van der Waals surface area contributed by atoms with E-state index in [2.05, 4.69) is 4.18 Å². The van der Waals surface area contributed by atoms with Crippen LogP contribution < -0.4 is 9.92 Å². The first kappa shape index (κ1) is 12.3. The van der Waals surface area contributed by atoms with Gasteiger partial charge in [0.2, 0.25) is 5.91 Å². The monoisotopic (exact) mass is 241 g/mol.